The second kappa shape index (κ2) is 6.80. The van der Waals surface area contributed by atoms with Crippen LogP contribution in [-0.4, -0.2) is 54.6 Å². The normalized spacial score (nSPS) is 17.0. The number of anilines is 1. The largest absolute Gasteiger partial charge is 0.482 e. The van der Waals surface area contributed by atoms with Crippen molar-refractivity contribution in [1.82, 2.24) is 9.88 Å². The van der Waals surface area contributed by atoms with E-state index in [1.54, 1.807) is 9.80 Å². The zero-order valence-electron chi connectivity index (χ0n) is 14.4. The average Bonchev–Trinajstić information content (AvgIpc) is 3.13. The van der Waals surface area contributed by atoms with Crippen LogP contribution >= 0.6 is 0 Å². The van der Waals surface area contributed by atoms with Gasteiger partial charge in [0.2, 0.25) is 5.89 Å². The topological polar surface area (TPSA) is 85.1 Å². The van der Waals surface area contributed by atoms with Crippen LogP contribution in [0, 0.1) is 6.92 Å². The highest BCUT2D eigenvalue weighted by Crippen LogP contribution is 2.33. The molecule has 0 spiro atoms. The number of carbonyl (C=O) groups is 2. The maximum Gasteiger partial charge on any atom is 0.275 e. The van der Waals surface area contributed by atoms with Gasteiger partial charge in [-0.15, -0.1) is 0 Å². The zero-order chi connectivity index (χ0) is 18.1. The van der Waals surface area contributed by atoms with Gasteiger partial charge in [0.25, 0.3) is 11.8 Å². The van der Waals surface area contributed by atoms with E-state index in [1.165, 1.54) is 6.26 Å². The lowest BCUT2D eigenvalue weighted by atomic mass is 10.1. The van der Waals surface area contributed by atoms with E-state index in [2.05, 4.69) is 4.98 Å². The van der Waals surface area contributed by atoms with Gasteiger partial charge in [0, 0.05) is 13.1 Å². The number of aryl methyl sites for hydroxylation is 1. The molecule has 0 bridgehead atoms. The fraction of sp³-hybridized carbons (Fsp3) is 0.389. The number of aromatic nitrogens is 1. The fourth-order valence-electron chi connectivity index (χ4n) is 3.03. The molecule has 0 N–H and O–H groups in total. The van der Waals surface area contributed by atoms with Crippen molar-refractivity contribution >= 4 is 17.5 Å². The Morgan fingerprint density at radius 2 is 2.08 bits per heavy atom. The van der Waals surface area contributed by atoms with E-state index in [1.807, 2.05) is 25.1 Å². The summed E-state index contributed by atoms with van der Waals surface area (Å²) in [5.74, 6) is 0.589. The average molecular weight is 357 g/mol. The van der Waals surface area contributed by atoms with Crippen molar-refractivity contribution in [1.29, 1.82) is 0 Å². The van der Waals surface area contributed by atoms with Crippen LogP contribution in [0.25, 0.3) is 0 Å². The van der Waals surface area contributed by atoms with Crippen LogP contribution < -0.4 is 9.64 Å². The van der Waals surface area contributed by atoms with E-state index < -0.39 is 0 Å². The zero-order valence-corrected chi connectivity index (χ0v) is 14.4. The van der Waals surface area contributed by atoms with E-state index in [-0.39, 0.29) is 30.7 Å². The van der Waals surface area contributed by atoms with Crippen molar-refractivity contribution in [2.75, 3.05) is 37.8 Å². The van der Waals surface area contributed by atoms with E-state index in [0.29, 0.717) is 43.6 Å². The number of fused-ring (bicyclic) bond motifs is 1. The minimum absolute atomic E-state index is 0.0314. The van der Waals surface area contributed by atoms with Crippen LogP contribution in [0.3, 0.4) is 0 Å². The number of ether oxygens (including phenoxy) is 2. The van der Waals surface area contributed by atoms with Crippen LogP contribution in [-0.2, 0) is 16.1 Å². The monoisotopic (exact) mass is 357 g/mol. The number of oxazole rings is 1. The summed E-state index contributed by atoms with van der Waals surface area (Å²) in [6, 6.07) is 5.65. The molecule has 2 aliphatic heterocycles. The van der Waals surface area contributed by atoms with Crippen LogP contribution in [0.1, 0.15) is 21.9 Å². The van der Waals surface area contributed by atoms with Crippen LogP contribution in [0.2, 0.25) is 0 Å². The molecule has 1 aromatic heterocycles. The molecule has 1 fully saturated rings. The van der Waals surface area contributed by atoms with E-state index >= 15 is 0 Å². The molecular formula is C18H19N3O5. The van der Waals surface area contributed by atoms with Gasteiger partial charge in [-0.05, 0) is 24.6 Å². The summed E-state index contributed by atoms with van der Waals surface area (Å²) in [5.41, 5.74) is 1.94. The van der Waals surface area contributed by atoms with E-state index in [0.717, 1.165) is 5.56 Å². The summed E-state index contributed by atoms with van der Waals surface area (Å²) in [5, 5.41) is 0. The fourth-order valence-corrected chi connectivity index (χ4v) is 3.03. The Balaban J connectivity index is 1.53. The molecule has 0 unspecified atom stereocenters. The minimum atomic E-state index is -0.187. The van der Waals surface area contributed by atoms with E-state index in [9.17, 15) is 9.59 Å². The molecule has 8 heteroatoms. The third kappa shape index (κ3) is 3.15. The van der Waals surface area contributed by atoms with Gasteiger partial charge in [0.15, 0.2) is 12.3 Å². The Hall–Kier alpha value is -2.87. The first kappa shape index (κ1) is 16.6. The van der Waals surface area contributed by atoms with Crippen molar-refractivity contribution in [3.05, 3.63) is 41.6 Å². The number of rotatable bonds is 3. The lowest BCUT2D eigenvalue weighted by Gasteiger charge is -2.28. The highest BCUT2D eigenvalue weighted by atomic mass is 16.5. The molecule has 1 saturated heterocycles. The molecule has 136 valence electrons. The molecular weight excluding hydrogens is 338 g/mol. The molecule has 0 atom stereocenters. The summed E-state index contributed by atoms with van der Waals surface area (Å²) in [6.45, 7) is 4.18. The summed E-state index contributed by atoms with van der Waals surface area (Å²) >= 11 is 0. The molecule has 0 aliphatic carbocycles. The second-order valence-corrected chi connectivity index (χ2v) is 6.27. The van der Waals surface area contributed by atoms with Crippen LogP contribution in [0.5, 0.6) is 5.75 Å². The second-order valence-electron chi connectivity index (χ2n) is 6.27. The first-order chi connectivity index (χ1) is 12.6. The minimum Gasteiger partial charge on any atom is -0.482 e. The number of nitrogens with zero attached hydrogens (tertiary/aromatic N) is 3. The predicted molar refractivity (Wildman–Crippen MR) is 91.1 cm³/mol. The first-order valence-corrected chi connectivity index (χ1v) is 8.47. The van der Waals surface area contributed by atoms with Gasteiger partial charge in [-0.25, -0.2) is 4.98 Å². The smallest absolute Gasteiger partial charge is 0.275 e. The highest BCUT2D eigenvalue weighted by molar-refractivity contribution is 5.97. The van der Waals surface area contributed by atoms with Gasteiger partial charge in [-0.3, -0.25) is 14.5 Å². The van der Waals surface area contributed by atoms with Crippen LogP contribution in [0.15, 0.2) is 28.9 Å². The maximum atomic E-state index is 12.5. The third-order valence-electron chi connectivity index (χ3n) is 4.42. The lowest BCUT2D eigenvalue weighted by Crippen LogP contribution is -2.41. The first-order valence-electron chi connectivity index (χ1n) is 8.47. The van der Waals surface area contributed by atoms with Gasteiger partial charge in [-0.1, -0.05) is 6.07 Å². The Morgan fingerprint density at radius 3 is 2.88 bits per heavy atom. The number of carbonyl (C=O) groups excluding carboxylic acids is 2. The summed E-state index contributed by atoms with van der Waals surface area (Å²) in [6.07, 6.45) is 1.34. The Labute approximate surface area is 150 Å². The number of morpholine rings is 1. The number of benzene rings is 1. The summed E-state index contributed by atoms with van der Waals surface area (Å²) in [7, 11) is 0. The van der Waals surface area contributed by atoms with Crippen molar-refractivity contribution < 1.29 is 23.5 Å². The summed E-state index contributed by atoms with van der Waals surface area (Å²) < 4.78 is 16.2. The van der Waals surface area contributed by atoms with Gasteiger partial charge in [0.1, 0.15) is 18.6 Å². The molecule has 4 rings (SSSR count). The number of hydrogen-bond acceptors (Lipinski definition) is 6. The lowest BCUT2D eigenvalue weighted by molar-refractivity contribution is -0.121. The summed E-state index contributed by atoms with van der Waals surface area (Å²) in [4.78, 5) is 32.3. The highest BCUT2D eigenvalue weighted by Gasteiger charge is 2.28. The SMILES string of the molecule is Cc1ccc2c(c1)N(Cc1nc(C(=O)N3CCOCC3)co1)C(=O)CO2. The third-order valence-corrected chi connectivity index (χ3v) is 4.42. The van der Waals surface area contributed by atoms with Crippen molar-refractivity contribution in [3.63, 3.8) is 0 Å². The Kier molecular flexibility index (Phi) is 4.34. The van der Waals surface area contributed by atoms with Gasteiger partial charge in [-0.2, -0.15) is 0 Å². The van der Waals surface area contributed by atoms with Crippen molar-refractivity contribution in [2.45, 2.75) is 13.5 Å². The number of amides is 2. The molecule has 0 radical (unpaired) electrons. The van der Waals surface area contributed by atoms with Crippen LogP contribution in [0.4, 0.5) is 5.69 Å². The molecule has 8 nitrogen and oxygen atoms in total. The quantitative estimate of drug-likeness (QED) is 0.825. The molecule has 2 aromatic rings. The van der Waals surface area contributed by atoms with Crippen molar-refractivity contribution in [2.24, 2.45) is 0 Å². The molecule has 26 heavy (non-hydrogen) atoms. The molecule has 0 saturated carbocycles. The molecule has 3 heterocycles. The maximum absolute atomic E-state index is 12.5. The standard InChI is InChI=1S/C18H19N3O5/c1-12-2-3-15-14(8-12)21(17(22)11-25-15)9-16-19-13(10-26-16)18(23)20-4-6-24-7-5-20/h2-3,8,10H,4-7,9,11H2,1H3. The number of hydrogen-bond donors (Lipinski definition) is 0. The Bertz CT molecular complexity index is 841. The Morgan fingerprint density at radius 1 is 1.27 bits per heavy atom. The molecule has 2 aliphatic rings. The molecule has 2 amide bonds. The van der Waals surface area contributed by atoms with Gasteiger partial charge < -0.3 is 18.8 Å². The van der Waals surface area contributed by atoms with Crippen molar-refractivity contribution in [3.8, 4) is 5.75 Å². The predicted octanol–water partition coefficient (Wildman–Crippen LogP) is 1.38. The molecule has 1 aromatic carbocycles. The van der Waals surface area contributed by atoms with Gasteiger partial charge >= 0.3 is 0 Å². The van der Waals surface area contributed by atoms with Gasteiger partial charge in [0.05, 0.1) is 18.9 Å². The van der Waals surface area contributed by atoms with E-state index in [4.69, 9.17) is 13.9 Å².